The fraction of sp³-hybridized carbons (Fsp3) is 0.333. The van der Waals surface area contributed by atoms with Gasteiger partial charge in [-0.15, -0.1) is 11.3 Å². The van der Waals surface area contributed by atoms with E-state index in [1.807, 2.05) is 13.8 Å². The van der Waals surface area contributed by atoms with Crippen LogP contribution in [0.1, 0.15) is 39.6 Å². The van der Waals surface area contributed by atoms with E-state index in [9.17, 15) is 14.4 Å². The molecule has 3 aromatic rings. The second kappa shape index (κ2) is 9.69. The number of carboxylic acid groups (broad SMARTS) is 1. The van der Waals surface area contributed by atoms with Crippen LogP contribution in [0.4, 0.5) is 0 Å². The molecule has 10 nitrogen and oxygen atoms in total. The zero-order chi connectivity index (χ0) is 23.4. The van der Waals surface area contributed by atoms with Gasteiger partial charge in [-0.2, -0.15) is 0 Å². The predicted molar refractivity (Wildman–Crippen MR) is 119 cm³/mol. The van der Waals surface area contributed by atoms with Gasteiger partial charge in [0.1, 0.15) is 10.5 Å². The average molecular weight is 458 g/mol. The number of hydrogen-bond donors (Lipinski definition) is 2. The lowest BCUT2D eigenvalue weighted by molar-refractivity contribution is -0.122. The topological polar surface area (TPSA) is 137 Å². The summed E-state index contributed by atoms with van der Waals surface area (Å²) in [4.78, 5) is 62.1. The molecule has 168 valence electrons. The van der Waals surface area contributed by atoms with Crippen LogP contribution in [0.2, 0.25) is 0 Å². The number of fused-ring (bicyclic) bond motifs is 1. The highest BCUT2D eigenvalue weighted by Crippen LogP contribution is 2.30. The van der Waals surface area contributed by atoms with Gasteiger partial charge >= 0.3 is 0 Å². The van der Waals surface area contributed by atoms with E-state index in [0.717, 1.165) is 0 Å². The van der Waals surface area contributed by atoms with Crippen molar-refractivity contribution in [3.63, 3.8) is 0 Å². The molecule has 32 heavy (non-hydrogen) atoms. The van der Waals surface area contributed by atoms with Gasteiger partial charge in [-0.05, 0) is 38.5 Å². The van der Waals surface area contributed by atoms with Crippen molar-refractivity contribution < 1.29 is 19.5 Å². The number of aromatic nitrogens is 3. The van der Waals surface area contributed by atoms with Gasteiger partial charge < -0.3 is 19.9 Å². The fourth-order valence-corrected chi connectivity index (χ4v) is 4.87. The number of rotatable bonds is 2. The van der Waals surface area contributed by atoms with E-state index in [-0.39, 0.29) is 35.9 Å². The molecule has 0 bridgehead atoms. The Morgan fingerprint density at radius 2 is 1.78 bits per heavy atom. The van der Waals surface area contributed by atoms with Crippen LogP contribution in [-0.4, -0.2) is 73.3 Å². The summed E-state index contributed by atoms with van der Waals surface area (Å²) in [5.74, 6) is -0.264. The molecule has 0 spiro atoms. The first-order chi connectivity index (χ1) is 15.3. The first-order valence-corrected chi connectivity index (χ1v) is 10.7. The van der Waals surface area contributed by atoms with Crippen molar-refractivity contribution in [2.24, 2.45) is 0 Å². The van der Waals surface area contributed by atoms with E-state index in [1.165, 1.54) is 17.7 Å². The van der Waals surface area contributed by atoms with Crippen LogP contribution < -0.4 is 5.56 Å². The number of amides is 2. The van der Waals surface area contributed by atoms with Crippen molar-refractivity contribution in [3.05, 3.63) is 57.2 Å². The zero-order valence-corrected chi connectivity index (χ0v) is 18.6. The number of pyridine rings is 1. The molecule has 1 aliphatic rings. The third-order valence-corrected chi connectivity index (χ3v) is 6.78. The summed E-state index contributed by atoms with van der Waals surface area (Å²) in [7, 11) is 0. The normalized spacial score (nSPS) is 18.1. The Bertz CT molecular complexity index is 1190. The highest BCUT2D eigenvalue weighted by atomic mass is 32.1. The number of nitrogens with zero attached hydrogens (tertiary/aromatic N) is 4. The Balaban J connectivity index is 0.000000913. The van der Waals surface area contributed by atoms with Gasteiger partial charge in [0.2, 0.25) is 0 Å². The van der Waals surface area contributed by atoms with Crippen LogP contribution in [0.5, 0.6) is 0 Å². The summed E-state index contributed by atoms with van der Waals surface area (Å²) >= 11 is 1.23. The second-order valence-corrected chi connectivity index (χ2v) is 8.27. The van der Waals surface area contributed by atoms with Crippen molar-refractivity contribution in [1.82, 2.24) is 24.8 Å². The zero-order valence-electron chi connectivity index (χ0n) is 17.8. The number of carbonyl (C=O) groups excluding carboxylic acids is 2. The van der Waals surface area contributed by atoms with E-state index in [4.69, 9.17) is 9.90 Å². The van der Waals surface area contributed by atoms with Crippen LogP contribution in [-0.2, 0) is 4.79 Å². The Labute approximate surface area is 187 Å². The quantitative estimate of drug-likeness (QED) is 0.560. The van der Waals surface area contributed by atoms with E-state index >= 15 is 0 Å². The Kier molecular flexibility index (Phi) is 6.98. The molecule has 4 rings (SSSR count). The third-order valence-electron chi connectivity index (χ3n) is 5.60. The molecule has 1 aliphatic heterocycles. The highest BCUT2D eigenvalue weighted by molar-refractivity contribution is 7.20. The number of H-pyrrole nitrogens is 1. The smallest absolute Gasteiger partial charge is 0.290 e. The molecule has 2 N–H and O–H groups in total. The first-order valence-electron chi connectivity index (χ1n) is 9.89. The summed E-state index contributed by atoms with van der Waals surface area (Å²) < 4.78 is 0. The molecule has 4 heterocycles. The molecule has 2 atom stereocenters. The average Bonchev–Trinajstić information content (AvgIpc) is 3.13. The minimum atomic E-state index is -0.250. The van der Waals surface area contributed by atoms with E-state index in [2.05, 4.69) is 15.0 Å². The molecule has 0 saturated carbocycles. The summed E-state index contributed by atoms with van der Waals surface area (Å²) in [5.41, 5.74) is 0.808. The summed E-state index contributed by atoms with van der Waals surface area (Å²) in [5, 5.41) is 7.35. The summed E-state index contributed by atoms with van der Waals surface area (Å²) in [6.07, 6.45) is 2.95. The first kappa shape index (κ1) is 23.1. The fourth-order valence-electron chi connectivity index (χ4n) is 3.77. The van der Waals surface area contributed by atoms with E-state index in [1.54, 1.807) is 41.1 Å². The molecule has 1 fully saturated rings. The van der Waals surface area contributed by atoms with Crippen molar-refractivity contribution in [2.75, 3.05) is 13.1 Å². The molecular weight excluding hydrogens is 434 g/mol. The van der Waals surface area contributed by atoms with Gasteiger partial charge in [-0.3, -0.25) is 24.2 Å². The maximum absolute atomic E-state index is 13.3. The SMILES string of the molecule is Cc1c(C(=O)N2CCN(C(=O)c3ccccn3)[C@H](C)[C@@H]2C)sc2nc[nH]c(=O)c12.O=CO. The Morgan fingerprint density at radius 1 is 1.16 bits per heavy atom. The van der Waals surface area contributed by atoms with E-state index in [0.29, 0.717) is 39.4 Å². The van der Waals surface area contributed by atoms with Crippen LogP contribution in [0.15, 0.2) is 35.5 Å². The van der Waals surface area contributed by atoms with Gasteiger partial charge in [0.25, 0.3) is 23.8 Å². The number of nitrogens with one attached hydrogen (secondary N) is 1. The summed E-state index contributed by atoms with van der Waals surface area (Å²) in [6.45, 7) is 6.25. The minimum absolute atomic E-state index is 0.130. The molecule has 2 amide bonds. The molecular formula is C21H23N5O5S. The molecule has 0 unspecified atom stereocenters. The van der Waals surface area contributed by atoms with Gasteiger partial charge in [0.05, 0.1) is 16.6 Å². The Hall–Kier alpha value is -3.60. The number of aryl methyl sites for hydroxylation is 1. The molecule has 1 saturated heterocycles. The molecule has 0 aromatic carbocycles. The largest absolute Gasteiger partial charge is 0.483 e. The molecule has 0 radical (unpaired) electrons. The van der Waals surface area contributed by atoms with Gasteiger partial charge in [0, 0.05) is 31.4 Å². The number of thiophene rings is 1. The van der Waals surface area contributed by atoms with Crippen molar-refractivity contribution >= 4 is 39.8 Å². The van der Waals surface area contributed by atoms with Gasteiger partial charge in [0.15, 0.2) is 0 Å². The Morgan fingerprint density at radius 3 is 2.34 bits per heavy atom. The van der Waals surface area contributed by atoms with Gasteiger partial charge in [-0.25, -0.2) is 4.98 Å². The number of hydrogen-bond acceptors (Lipinski definition) is 7. The van der Waals surface area contributed by atoms with Crippen LogP contribution in [0, 0.1) is 6.92 Å². The highest BCUT2D eigenvalue weighted by Gasteiger charge is 2.37. The summed E-state index contributed by atoms with van der Waals surface area (Å²) in [6, 6.07) is 4.90. The van der Waals surface area contributed by atoms with Crippen LogP contribution >= 0.6 is 11.3 Å². The lowest BCUT2D eigenvalue weighted by Crippen LogP contribution is -2.60. The minimum Gasteiger partial charge on any atom is -0.483 e. The molecule has 0 aliphatic carbocycles. The standard InChI is InChI=1S/C20H21N5O3S.CH2O2/c1-11-15-17(26)22-10-23-18(15)29-16(11)20(28)25-9-8-24(12(2)13(25)3)19(27)14-6-4-5-7-21-14;2-1-3/h4-7,10,12-13H,8-9H2,1-3H3,(H,22,23,26);1H,(H,2,3)/t12-,13+;/m1./s1. The van der Waals surface area contributed by atoms with Crippen LogP contribution in [0.25, 0.3) is 10.2 Å². The molecule has 3 aromatic heterocycles. The number of piperazine rings is 1. The van der Waals surface area contributed by atoms with Gasteiger partial charge in [-0.1, -0.05) is 6.07 Å². The van der Waals surface area contributed by atoms with Crippen molar-refractivity contribution in [2.45, 2.75) is 32.9 Å². The van der Waals surface area contributed by atoms with Crippen LogP contribution in [0.3, 0.4) is 0 Å². The lowest BCUT2D eigenvalue weighted by Gasteiger charge is -2.44. The monoisotopic (exact) mass is 457 g/mol. The maximum atomic E-state index is 13.3. The number of carbonyl (C=O) groups is 3. The van der Waals surface area contributed by atoms with Crippen molar-refractivity contribution in [1.29, 1.82) is 0 Å². The lowest BCUT2D eigenvalue weighted by atomic mass is 10.0. The third kappa shape index (κ3) is 4.24. The van der Waals surface area contributed by atoms with E-state index < -0.39 is 0 Å². The van der Waals surface area contributed by atoms with Crippen molar-refractivity contribution in [3.8, 4) is 0 Å². The number of aromatic amines is 1. The maximum Gasteiger partial charge on any atom is 0.290 e. The molecule has 11 heteroatoms. The second-order valence-electron chi connectivity index (χ2n) is 7.27. The predicted octanol–water partition coefficient (Wildman–Crippen LogP) is 1.76.